The maximum Gasteiger partial charge on any atom is 0.358 e. The zero-order chi connectivity index (χ0) is 9.14. The number of carbonyl (C=O) groups is 1. The number of hydrogen-bond donors (Lipinski definition) is 0. The highest BCUT2D eigenvalue weighted by atomic mass is 16.5. The Morgan fingerprint density at radius 2 is 2.33 bits per heavy atom. The van der Waals surface area contributed by atoms with Crippen molar-refractivity contribution in [2.24, 2.45) is 0 Å². The Labute approximate surface area is 70.3 Å². The minimum absolute atomic E-state index is 0.113. The van der Waals surface area contributed by atoms with Crippen molar-refractivity contribution in [1.82, 2.24) is 15.0 Å². The minimum atomic E-state index is -0.409. The maximum absolute atomic E-state index is 11.1. The second-order valence-corrected chi connectivity index (χ2v) is 2.65. The summed E-state index contributed by atoms with van der Waals surface area (Å²) in [6.07, 6.45) is 1.39. The van der Waals surface area contributed by atoms with Crippen LogP contribution >= 0.6 is 0 Å². The molecule has 0 saturated carbocycles. The third-order valence-electron chi connectivity index (χ3n) is 1.46. The first-order valence-corrected chi connectivity index (χ1v) is 3.65. The summed E-state index contributed by atoms with van der Waals surface area (Å²) >= 11 is 0. The van der Waals surface area contributed by atoms with Gasteiger partial charge in [-0.1, -0.05) is 5.21 Å². The molecule has 0 saturated heterocycles. The molecule has 0 aliphatic carbocycles. The van der Waals surface area contributed by atoms with E-state index in [0.29, 0.717) is 5.69 Å². The summed E-state index contributed by atoms with van der Waals surface area (Å²) in [5, 5.41) is 7.38. The maximum atomic E-state index is 11.1. The fraction of sp³-hybridized carbons (Fsp3) is 0.571. The Balaban J connectivity index is 2.99. The van der Waals surface area contributed by atoms with E-state index in [-0.39, 0.29) is 6.04 Å². The molecule has 0 fully saturated rings. The van der Waals surface area contributed by atoms with E-state index in [2.05, 4.69) is 15.0 Å². The number of hydrogen-bond acceptors (Lipinski definition) is 4. The van der Waals surface area contributed by atoms with Gasteiger partial charge in [-0.15, -0.1) is 5.10 Å². The number of ether oxygens (including phenoxy) is 1. The van der Waals surface area contributed by atoms with Crippen molar-refractivity contribution in [3.8, 4) is 0 Å². The lowest BCUT2D eigenvalue weighted by molar-refractivity contribution is 0.0584. The van der Waals surface area contributed by atoms with Gasteiger partial charge in [-0.3, -0.25) is 0 Å². The van der Waals surface area contributed by atoms with Crippen LogP contribution < -0.4 is 0 Å². The number of nitrogens with zero attached hydrogens (tertiary/aromatic N) is 3. The fourth-order valence-electron chi connectivity index (χ4n) is 0.876. The van der Waals surface area contributed by atoms with E-state index in [9.17, 15) is 4.79 Å². The number of rotatable bonds is 2. The van der Waals surface area contributed by atoms with E-state index >= 15 is 0 Å². The molecule has 0 unspecified atom stereocenters. The predicted molar refractivity (Wildman–Crippen MR) is 41.7 cm³/mol. The van der Waals surface area contributed by atoms with Crippen LogP contribution in [-0.2, 0) is 4.74 Å². The second-order valence-electron chi connectivity index (χ2n) is 2.65. The Hall–Kier alpha value is -1.39. The molecule has 0 amide bonds. The van der Waals surface area contributed by atoms with E-state index < -0.39 is 5.97 Å². The van der Waals surface area contributed by atoms with E-state index in [1.54, 1.807) is 0 Å². The second kappa shape index (κ2) is 3.34. The minimum Gasteiger partial charge on any atom is -0.464 e. The van der Waals surface area contributed by atoms with Gasteiger partial charge >= 0.3 is 5.97 Å². The monoisotopic (exact) mass is 169 g/mol. The lowest BCUT2D eigenvalue weighted by Crippen LogP contribution is -2.13. The highest BCUT2D eigenvalue weighted by Crippen LogP contribution is 2.06. The van der Waals surface area contributed by atoms with E-state index in [0.717, 1.165) is 0 Å². The van der Waals surface area contributed by atoms with Crippen molar-refractivity contribution in [1.29, 1.82) is 0 Å². The van der Waals surface area contributed by atoms with E-state index in [4.69, 9.17) is 0 Å². The van der Waals surface area contributed by atoms with Crippen LogP contribution in [0.5, 0.6) is 0 Å². The zero-order valence-corrected chi connectivity index (χ0v) is 7.31. The van der Waals surface area contributed by atoms with Gasteiger partial charge in [0.15, 0.2) is 5.69 Å². The van der Waals surface area contributed by atoms with Crippen LogP contribution in [-0.4, -0.2) is 28.1 Å². The molecule has 0 N–H and O–H groups in total. The number of carbonyl (C=O) groups excluding carboxylic acids is 1. The topological polar surface area (TPSA) is 57.0 Å². The molecule has 5 nitrogen and oxygen atoms in total. The van der Waals surface area contributed by atoms with Gasteiger partial charge in [-0.2, -0.15) is 0 Å². The highest BCUT2D eigenvalue weighted by Gasteiger charge is 2.14. The molecule has 1 heterocycles. The van der Waals surface area contributed by atoms with Crippen molar-refractivity contribution < 1.29 is 9.53 Å². The van der Waals surface area contributed by atoms with Crippen molar-refractivity contribution >= 4 is 5.97 Å². The van der Waals surface area contributed by atoms with Crippen LogP contribution in [0.4, 0.5) is 0 Å². The Morgan fingerprint density at radius 3 is 2.83 bits per heavy atom. The molecule has 1 aromatic heterocycles. The average Bonchev–Trinajstić information content (AvgIpc) is 2.50. The third kappa shape index (κ3) is 1.44. The smallest absolute Gasteiger partial charge is 0.358 e. The molecule has 0 radical (unpaired) electrons. The van der Waals surface area contributed by atoms with Gasteiger partial charge in [0.1, 0.15) is 0 Å². The Morgan fingerprint density at radius 1 is 1.67 bits per heavy atom. The number of aromatic nitrogens is 3. The first-order valence-electron chi connectivity index (χ1n) is 3.65. The normalized spacial score (nSPS) is 10.3. The van der Waals surface area contributed by atoms with Crippen molar-refractivity contribution in [3.63, 3.8) is 0 Å². The van der Waals surface area contributed by atoms with Gasteiger partial charge in [0.05, 0.1) is 13.3 Å². The molecule has 66 valence electrons. The lowest BCUT2D eigenvalue weighted by atomic mass is 10.3. The SMILES string of the molecule is COC(=O)c1cnnn1C(C)C. The van der Waals surface area contributed by atoms with Gasteiger partial charge in [0.25, 0.3) is 0 Å². The molecular formula is C7H11N3O2. The van der Waals surface area contributed by atoms with E-state index in [1.165, 1.54) is 18.0 Å². The fourth-order valence-corrected chi connectivity index (χ4v) is 0.876. The average molecular weight is 169 g/mol. The van der Waals surface area contributed by atoms with Gasteiger partial charge in [0, 0.05) is 6.04 Å². The molecule has 1 rings (SSSR count). The van der Waals surface area contributed by atoms with Crippen LogP contribution in [0.15, 0.2) is 6.20 Å². The first kappa shape index (κ1) is 8.70. The molecule has 0 aliphatic heterocycles. The molecule has 1 aromatic rings. The molecule has 0 bridgehead atoms. The van der Waals surface area contributed by atoms with Gasteiger partial charge in [0.2, 0.25) is 0 Å². The van der Waals surface area contributed by atoms with Crippen LogP contribution in [0.2, 0.25) is 0 Å². The summed E-state index contributed by atoms with van der Waals surface area (Å²) < 4.78 is 6.07. The summed E-state index contributed by atoms with van der Waals surface area (Å²) in [5.41, 5.74) is 0.382. The summed E-state index contributed by atoms with van der Waals surface area (Å²) in [4.78, 5) is 11.1. The van der Waals surface area contributed by atoms with Crippen molar-refractivity contribution in [3.05, 3.63) is 11.9 Å². The summed E-state index contributed by atoms with van der Waals surface area (Å²) in [6.45, 7) is 3.84. The largest absolute Gasteiger partial charge is 0.464 e. The van der Waals surface area contributed by atoms with Crippen LogP contribution in [0.1, 0.15) is 30.4 Å². The van der Waals surface area contributed by atoms with Crippen LogP contribution in [0.25, 0.3) is 0 Å². The highest BCUT2D eigenvalue weighted by molar-refractivity contribution is 5.86. The van der Waals surface area contributed by atoms with Crippen molar-refractivity contribution in [2.45, 2.75) is 19.9 Å². The molecule has 0 aromatic carbocycles. The zero-order valence-electron chi connectivity index (χ0n) is 7.31. The quantitative estimate of drug-likeness (QED) is 0.610. The van der Waals surface area contributed by atoms with Gasteiger partial charge in [-0.05, 0) is 13.8 Å². The summed E-state index contributed by atoms with van der Waals surface area (Å²) in [6, 6.07) is 0.113. The summed E-state index contributed by atoms with van der Waals surface area (Å²) in [7, 11) is 1.33. The standard InChI is InChI=1S/C7H11N3O2/c1-5(2)10-6(4-8-9-10)7(11)12-3/h4-5H,1-3H3. The van der Waals surface area contributed by atoms with Crippen LogP contribution in [0, 0.1) is 0 Å². The lowest BCUT2D eigenvalue weighted by Gasteiger charge is -2.06. The first-order chi connectivity index (χ1) is 5.66. The van der Waals surface area contributed by atoms with E-state index in [1.807, 2.05) is 13.8 Å². The summed E-state index contributed by atoms with van der Waals surface area (Å²) in [5.74, 6) is -0.409. The third-order valence-corrected chi connectivity index (χ3v) is 1.46. The number of methoxy groups -OCH3 is 1. The molecule has 0 atom stereocenters. The van der Waals surface area contributed by atoms with Gasteiger partial charge < -0.3 is 4.74 Å². The molecule has 12 heavy (non-hydrogen) atoms. The van der Waals surface area contributed by atoms with Gasteiger partial charge in [-0.25, -0.2) is 9.48 Å². The van der Waals surface area contributed by atoms with Crippen molar-refractivity contribution in [2.75, 3.05) is 7.11 Å². The molecule has 0 aliphatic rings. The number of esters is 1. The predicted octanol–water partition coefficient (Wildman–Crippen LogP) is 0.646. The molecule has 5 heteroatoms. The molecular weight excluding hydrogens is 158 g/mol. The Bertz CT molecular complexity index is 280. The van der Waals surface area contributed by atoms with Crippen LogP contribution in [0.3, 0.4) is 0 Å². The molecule has 0 spiro atoms. The Kier molecular flexibility index (Phi) is 2.42.